The molecule has 47 heavy (non-hydrogen) atoms. The Kier molecular flexibility index (Phi) is 6.78. The van der Waals surface area contributed by atoms with Gasteiger partial charge in [0.25, 0.3) is 0 Å². The number of benzene rings is 8. The Balaban J connectivity index is 1.12. The van der Waals surface area contributed by atoms with Crippen LogP contribution in [0.15, 0.2) is 170 Å². The summed E-state index contributed by atoms with van der Waals surface area (Å²) in [5, 5.41) is 8.02. The molecule has 0 radical (unpaired) electrons. The molecule has 0 aliphatic rings. The van der Waals surface area contributed by atoms with Crippen LogP contribution in [-0.2, 0) is 0 Å². The van der Waals surface area contributed by atoms with E-state index in [2.05, 4.69) is 175 Å². The lowest BCUT2D eigenvalue weighted by Gasteiger charge is -2.26. The highest BCUT2D eigenvalue weighted by Gasteiger charge is 2.15. The minimum atomic E-state index is 0.779. The van der Waals surface area contributed by atoms with Crippen molar-refractivity contribution in [2.75, 3.05) is 4.90 Å². The van der Waals surface area contributed by atoms with Gasteiger partial charge in [-0.05, 0) is 105 Å². The Morgan fingerprint density at radius 1 is 0.362 bits per heavy atom. The lowest BCUT2D eigenvalue weighted by Crippen LogP contribution is -2.09. The Labute approximate surface area is 282 Å². The maximum absolute atomic E-state index is 6.72. The Morgan fingerprint density at radius 3 is 1.85 bits per heavy atom. The van der Waals surface area contributed by atoms with Crippen molar-refractivity contribution < 1.29 is 0 Å². The lowest BCUT2D eigenvalue weighted by atomic mass is 9.96. The number of thiophene rings is 1. The predicted octanol–water partition coefficient (Wildman–Crippen LogP) is 13.8. The Bertz CT molecular complexity index is 2580. The molecule has 0 saturated heterocycles. The summed E-state index contributed by atoms with van der Waals surface area (Å²) in [5.74, 6) is 0. The summed E-state index contributed by atoms with van der Waals surface area (Å²) < 4.78 is 2.65. The van der Waals surface area contributed by atoms with Gasteiger partial charge in [-0.15, -0.1) is 11.3 Å². The number of para-hydroxylation sites is 1. The standard InChI is InChI=1S/C44H28ClNS/c45-42-28-33-9-4-5-14-37(33)40-26-32(19-23-38(40)42)30-10-8-13-36(25-30)46(34-11-2-1-3-12-34)35-21-17-29(18-22-35)31-20-24-44-41(27-31)39-15-6-7-16-43(39)47-44/h1-28H. The Morgan fingerprint density at radius 2 is 0.979 bits per heavy atom. The van der Waals surface area contributed by atoms with Crippen LogP contribution >= 0.6 is 22.9 Å². The van der Waals surface area contributed by atoms with Crippen LogP contribution in [-0.4, -0.2) is 0 Å². The number of rotatable bonds is 5. The zero-order valence-corrected chi connectivity index (χ0v) is 27.0. The van der Waals surface area contributed by atoms with E-state index in [1.165, 1.54) is 42.1 Å². The molecule has 0 aliphatic carbocycles. The summed E-state index contributed by atoms with van der Waals surface area (Å²) in [4.78, 5) is 2.33. The maximum atomic E-state index is 6.72. The van der Waals surface area contributed by atoms with Crippen molar-refractivity contribution >= 4 is 81.7 Å². The van der Waals surface area contributed by atoms with Crippen LogP contribution < -0.4 is 4.90 Å². The van der Waals surface area contributed by atoms with Crippen LogP contribution in [0.2, 0.25) is 5.02 Å². The average molecular weight is 638 g/mol. The highest BCUT2D eigenvalue weighted by Crippen LogP contribution is 2.40. The van der Waals surface area contributed by atoms with Gasteiger partial charge in [0.1, 0.15) is 0 Å². The van der Waals surface area contributed by atoms with Crippen LogP contribution in [0.5, 0.6) is 0 Å². The maximum Gasteiger partial charge on any atom is 0.0490 e. The van der Waals surface area contributed by atoms with Crippen LogP contribution in [0, 0.1) is 0 Å². The fourth-order valence-corrected chi connectivity index (χ4v) is 8.16. The van der Waals surface area contributed by atoms with Gasteiger partial charge in [0.15, 0.2) is 0 Å². The minimum Gasteiger partial charge on any atom is -0.310 e. The van der Waals surface area contributed by atoms with Crippen molar-refractivity contribution in [1.29, 1.82) is 0 Å². The molecule has 1 nitrogen and oxygen atoms in total. The molecule has 1 heterocycles. The molecule has 222 valence electrons. The van der Waals surface area contributed by atoms with Crippen molar-refractivity contribution in [3.8, 4) is 22.3 Å². The van der Waals surface area contributed by atoms with Gasteiger partial charge in [0.05, 0.1) is 0 Å². The molecule has 0 amide bonds. The SMILES string of the molecule is Clc1cc2ccccc2c2cc(-c3cccc(N(c4ccccc4)c4ccc(-c5ccc6sc7ccccc7c6c5)cc4)c3)ccc12. The number of hydrogen-bond donors (Lipinski definition) is 0. The first kappa shape index (κ1) is 27.9. The molecule has 0 N–H and O–H groups in total. The first-order valence-corrected chi connectivity index (χ1v) is 17.0. The van der Waals surface area contributed by atoms with Crippen molar-refractivity contribution in [3.63, 3.8) is 0 Å². The highest BCUT2D eigenvalue weighted by molar-refractivity contribution is 7.25. The summed E-state index contributed by atoms with van der Waals surface area (Å²) in [6, 6.07) is 61.0. The number of halogens is 1. The third-order valence-corrected chi connectivity index (χ3v) is 10.6. The fourth-order valence-electron chi connectivity index (χ4n) is 6.79. The first-order chi connectivity index (χ1) is 23.2. The van der Waals surface area contributed by atoms with E-state index in [-0.39, 0.29) is 0 Å². The van der Waals surface area contributed by atoms with Gasteiger partial charge >= 0.3 is 0 Å². The smallest absolute Gasteiger partial charge is 0.0490 e. The summed E-state index contributed by atoms with van der Waals surface area (Å²) in [7, 11) is 0. The monoisotopic (exact) mass is 637 g/mol. The average Bonchev–Trinajstić information content (AvgIpc) is 3.51. The van der Waals surface area contributed by atoms with E-state index < -0.39 is 0 Å². The molecule has 0 saturated carbocycles. The fraction of sp³-hybridized carbons (Fsp3) is 0. The van der Waals surface area contributed by atoms with Crippen LogP contribution in [0.3, 0.4) is 0 Å². The second-order valence-electron chi connectivity index (χ2n) is 11.9. The summed E-state index contributed by atoms with van der Waals surface area (Å²) in [5.41, 5.74) is 8.06. The van der Waals surface area contributed by atoms with Crippen LogP contribution in [0.1, 0.15) is 0 Å². The summed E-state index contributed by atoms with van der Waals surface area (Å²) in [6.45, 7) is 0. The van der Waals surface area contributed by atoms with Crippen molar-refractivity contribution in [2.45, 2.75) is 0 Å². The summed E-state index contributed by atoms with van der Waals surface area (Å²) in [6.07, 6.45) is 0. The summed E-state index contributed by atoms with van der Waals surface area (Å²) >= 11 is 8.58. The molecule has 9 aromatic rings. The van der Waals surface area contributed by atoms with Crippen molar-refractivity contribution in [1.82, 2.24) is 0 Å². The quantitative estimate of drug-likeness (QED) is 0.170. The molecule has 8 aromatic carbocycles. The van der Waals surface area contributed by atoms with Gasteiger partial charge in [0, 0.05) is 47.6 Å². The van der Waals surface area contributed by atoms with E-state index in [1.807, 2.05) is 11.3 Å². The molecule has 9 rings (SSSR count). The van der Waals surface area contributed by atoms with Crippen LogP contribution in [0.25, 0.3) is 64.0 Å². The number of anilines is 3. The van der Waals surface area contributed by atoms with E-state index in [9.17, 15) is 0 Å². The van der Waals surface area contributed by atoms with E-state index >= 15 is 0 Å². The molecule has 0 bridgehead atoms. The minimum absolute atomic E-state index is 0.779. The van der Waals surface area contributed by atoms with Gasteiger partial charge in [-0.2, -0.15) is 0 Å². The molecule has 0 atom stereocenters. The van der Waals surface area contributed by atoms with Gasteiger partial charge in [0.2, 0.25) is 0 Å². The molecule has 0 spiro atoms. The lowest BCUT2D eigenvalue weighted by molar-refractivity contribution is 1.28. The molecule has 0 unspecified atom stereocenters. The van der Waals surface area contributed by atoms with E-state index in [0.29, 0.717) is 0 Å². The molecule has 0 fully saturated rings. The first-order valence-electron chi connectivity index (χ1n) is 15.8. The zero-order chi connectivity index (χ0) is 31.3. The van der Waals surface area contributed by atoms with E-state index in [0.717, 1.165) is 44.0 Å². The molecule has 3 heteroatoms. The third-order valence-electron chi connectivity index (χ3n) is 9.10. The van der Waals surface area contributed by atoms with Crippen molar-refractivity contribution in [2.24, 2.45) is 0 Å². The number of fused-ring (bicyclic) bond motifs is 6. The van der Waals surface area contributed by atoms with Gasteiger partial charge in [-0.1, -0.05) is 115 Å². The van der Waals surface area contributed by atoms with Gasteiger partial charge in [-0.3, -0.25) is 0 Å². The molecule has 0 aliphatic heterocycles. The third kappa shape index (κ3) is 4.94. The predicted molar refractivity (Wildman–Crippen MR) is 205 cm³/mol. The zero-order valence-electron chi connectivity index (χ0n) is 25.4. The van der Waals surface area contributed by atoms with E-state index in [4.69, 9.17) is 11.6 Å². The Hall–Kier alpha value is -5.41. The topological polar surface area (TPSA) is 3.24 Å². The largest absolute Gasteiger partial charge is 0.310 e. The molecular weight excluding hydrogens is 610 g/mol. The number of nitrogens with zero attached hydrogens (tertiary/aromatic N) is 1. The molecular formula is C44H28ClNS. The number of hydrogen-bond acceptors (Lipinski definition) is 2. The highest BCUT2D eigenvalue weighted by atomic mass is 35.5. The second-order valence-corrected chi connectivity index (χ2v) is 13.4. The normalized spacial score (nSPS) is 11.5. The molecule has 1 aromatic heterocycles. The second kappa shape index (κ2) is 11.4. The van der Waals surface area contributed by atoms with Crippen LogP contribution in [0.4, 0.5) is 17.1 Å². The van der Waals surface area contributed by atoms with Crippen molar-refractivity contribution in [3.05, 3.63) is 175 Å². The van der Waals surface area contributed by atoms with Gasteiger partial charge < -0.3 is 4.90 Å². The van der Waals surface area contributed by atoms with Gasteiger partial charge in [-0.25, -0.2) is 0 Å². The van der Waals surface area contributed by atoms with E-state index in [1.54, 1.807) is 0 Å².